The van der Waals surface area contributed by atoms with Gasteiger partial charge in [-0.15, -0.1) is 0 Å². The maximum Gasteiger partial charge on any atom is 0.288 e. The molecule has 0 aliphatic heterocycles. The van der Waals surface area contributed by atoms with E-state index in [9.17, 15) is 19.7 Å². The lowest BCUT2D eigenvalue weighted by atomic mass is 10.1. The monoisotopic (exact) mass is 326 g/mol. The number of nitro benzene ring substituents is 1. The molecule has 0 fully saturated rings. The Balaban J connectivity index is 2.71. The Bertz CT molecular complexity index is 832. The second-order valence-electron chi connectivity index (χ2n) is 4.36. The highest BCUT2D eigenvalue weighted by molar-refractivity contribution is 6.33. The van der Waals surface area contributed by atoms with E-state index in [1.54, 1.807) is 0 Å². The number of amides is 1. The zero-order valence-electron chi connectivity index (χ0n) is 11.4. The van der Waals surface area contributed by atoms with E-state index in [2.05, 4.69) is 10.4 Å². The molecule has 22 heavy (non-hydrogen) atoms. The second-order valence-corrected chi connectivity index (χ2v) is 4.77. The van der Waals surface area contributed by atoms with Crippen molar-refractivity contribution in [1.29, 1.82) is 0 Å². The molecule has 1 amide bonds. The molecule has 2 N–H and O–H groups in total. The summed E-state index contributed by atoms with van der Waals surface area (Å²) in [6.07, 6.45) is 0. The number of aryl methyl sites for hydroxylation is 1. The average Bonchev–Trinajstić information content (AvgIpc) is 2.47. The number of halogens is 1. The third-order valence-corrected chi connectivity index (χ3v) is 3.24. The number of benzene rings is 1. The quantitative estimate of drug-likeness (QED) is 0.611. The number of nitrogens with one attached hydrogen (secondary N) is 1. The number of aliphatic hydroxyl groups is 1. The van der Waals surface area contributed by atoms with E-state index in [-0.39, 0.29) is 29.1 Å². The van der Waals surface area contributed by atoms with Crippen LogP contribution in [0.1, 0.15) is 10.5 Å². The normalized spacial score (nSPS) is 10.7. The third-order valence-electron chi connectivity index (χ3n) is 2.93. The number of nitro groups is 1. The van der Waals surface area contributed by atoms with Gasteiger partial charge in [0.25, 0.3) is 11.6 Å². The maximum absolute atomic E-state index is 12.3. The van der Waals surface area contributed by atoms with Gasteiger partial charge < -0.3 is 10.4 Å². The topological polar surface area (TPSA) is 127 Å². The molecule has 0 saturated carbocycles. The first-order chi connectivity index (χ1) is 10.4. The number of fused-ring (bicyclic) bond motifs is 1. The van der Waals surface area contributed by atoms with Crippen molar-refractivity contribution in [2.24, 2.45) is 7.05 Å². The number of hydrogen-bond acceptors (Lipinski definition) is 6. The van der Waals surface area contributed by atoms with E-state index in [0.717, 1.165) is 6.07 Å². The van der Waals surface area contributed by atoms with Crippen molar-refractivity contribution in [1.82, 2.24) is 15.1 Å². The summed E-state index contributed by atoms with van der Waals surface area (Å²) in [5.74, 6) is -0.769. The molecule has 0 unspecified atom stereocenters. The zero-order chi connectivity index (χ0) is 16.4. The molecule has 1 aromatic carbocycles. The summed E-state index contributed by atoms with van der Waals surface area (Å²) in [4.78, 5) is 34.4. The predicted octanol–water partition coefficient (Wildman–Crippen LogP) is 0.217. The first-order valence-corrected chi connectivity index (χ1v) is 6.48. The van der Waals surface area contributed by atoms with Gasteiger partial charge in [0.2, 0.25) is 5.43 Å². The minimum Gasteiger partial charge on any atom is -0.395 e. The highest BCUT2D eigenvalue weighted by atomic mass is 35.5. The minimum absolute atomic E-state index is 0.0391. The molecular weight excluding hydrogens is 316 g/mol. The minimum atomic E-state index is -0.769. The molecule has 0 bridgehead atoms. The zero-order valence-corrected chi connectivity index (χ0v) is 12.1. The molecule has 0 saturated heterocycles. The Kier molecular flexibility index (Phi) is 4.38. The van der Waals surface area contributed by atoms with E-state index >= 15 is 0 Å². The maximum atomic E-state index is 12.3. The van der Waals surface area contributed by atoms with E-state index in [0.29, 0.717) is 0 Å². The van der Waals surface area contributed by atoms with E-state index in [1.807, 2.05) is 0 Å². The Labute approximate surface area is 128 Å². The Hall–Kier alpha value is -2.52. The van der Waals surface area contributed by atoms with Crippen molar-refractivity contribution in [3.8, 4) is 0 Å². The third kappa shape index (κ3) is 2.76. The van der Waals surface area contributed by atoms with Crippen molar-refractivity contribution in [3.05, 3.63) is 43.2 Å². The smallest absolute Gasteiger partial charge is 0.288 e. The number of carbonyl (C=O) groups excluding carboxylic acids is 1. The molecule has 0 spiro atoms. The number of rotatable bonds is 4. The van der Waals surface area contributed by atoms with Gasteiger partial charge in [-0.05, 0) is 6.07 Å². The molecule has 1 heterocycles. The molecule has 0 atom stereocenters. The molecule has 10 heteroatoms. The van der Waals surface area contributed by atoms with Crippen LogP contribution < -0.4 is 10.7 Å². The molecule has 1 aromatic heterocycles. The van der Waals surface area contributed by atoms with Gasteiger partial charge in [-0.2, -0.15) is 5.10 Å². The fraction of sp³-hybridized carbons (Fsp3) is 0.250. The van der Waals surface area contributed by atoms with Gasteiger partial charge in [-0.1, -0.05) is 11.6 Å². The fourth-order valence-corrected chi connectivity index (χ4v) is 2.15. The van der Waals surface area contributed by atoms with Crippen molar-refractivity contribution in [2.75, 3.05) is 13.2 Å². The van der Waals surface area contributed by atoms with Crippen LogP contribution in [-0.2, 0) is 7.05 Å². The van der Waals surface area contributed by atoms with Crippen LogP contribution in [0, 0.1) is 10.1 Å². The summed E-state index contributed by atoms with van der Waals surface area (Å²) in [5, 5.41) is 25.6. The first-order valence-electron chi connectivity index (χ1n) is 6.10. The Morgan fingerprint density at radius 3 is 2.82 bits per heavy atom. The molecule has 0 aliphatic carbocycles. The van der Waals surface area contributed by atoms with Crippen LogP contribution in [0.4, 0.5) is 5.69 Å². The van der Waals surface area contributed by atoms with Crippen molar-refractivity contribution >= 4 is 34.1 Å². The van der Waals surface area contributed by atoms with Gasteiger partial charge in [-0.3, -0.25) is 24.4 Å². The fourth-order valence-electron chi connectivity index (χ4n) is 1.92. The van der Waals surface area contributed by atoms with Crippen LogP contribution in [-0.4, -0.2) is 38.9 Å². The lowest BCUT2D eigenvalue weighted by Crippen LogP contribution is -2.33. The number of carbonyl (C=O) groups is 1. The summed E-state index contributed by atoms with van der Waals surface area (Å²) < 4.78 is 1.24. The summed E-state index contributed by atoms with van der Waals surface area (Å²) in [5.41, 5.74) is -1.33. The van der Waals surface area contributed by atoms with E-state index < -0.39 is 27.6 Å². The van der Waals surface area contributed by atoms with Gasteiger partial charge in [-0.25, -0.2) is 0 Å². The van der Waals surface area contributed by atoms with Gasteiger partial charge in [0.05, 0.1) is 22.4 Å². The van der Waals surface area contributed by atoms with Crippen molar-refractivity contribution < 1.29 is 14.8 Å². The van der Waals surface area contributed by atoms with Crippen molar-refractivity contribution in [3.63, 3.8) is 0 Å². The highest BCUT2D eigenvalue weighted by Crippen LogP contribution is 2.28. The SMILES string of the molecule is Cn1nc(C(=O)NCCO)c(=O)c2cc([N+](=O)[O-])c(Cl)cc21. The average molecular weight is 327 g/mol. The van der Waals surface area contributed by atoms with Crippen LogP contribution >= 0.6 is 11.6 Å². The first kappa shape index (κ1) is 15.9. The molecule has 2 aromatic rings. The predicted molar refractivity (Wildman–Crippen MR) is 78.1 cm³/mol. The number of aromatic nitrogens is 2. The van der Waals surface area contributed by atoms with Crippen LogP contribution in [0.15, 0.2) is 16.9 Å². The van der Waals surface area contributed by atoms with E-state index in [1.165, 1.54) is 17.8 Å². The standard InChI is InChI=1S/C12H11ClN4O5/c1-16-8-5-7(13)9(17(21)22)4-6(8)11(19)10(15-16)12(20)14-2-3-18/h4-5,18H,2-3H2,1H3,(H,14,20). The Morgan fingerprint density at radius 2 is 2.23 bits per heavy atom. The molecule has 0 aliphatic rings. The Morgan fingerprint density at radius 1 is 1.55 bits per heavy atom. The van der Waals surface area contributed by atoms with Gasteiger partial charge in [0, 0.05) is 19.7 Å². The van der Waals surface area contributed by atoms with Gasteiger partial charge in [0.15, 0.2) is 5.69 Å². The molecule has 9 nitrogen and oxygen atoms in total. The second kappa shape index (κ2) is 6.08. The highest BCUT2D eigenvalue weighted by Gasteiger charge is 2.21. The van der Waals surface area contributed by atoms with Gasteiger partial charge >= 0.3 is 0 Å². The van der Waals surface area contributed by atoms with Crippen LogP contribution in [0.25, 0.3) is 10.9 Å². The molecule has 116 valence electrons. The number of nitrogens with zero attached hydrogens (tertiary/aromatic N) is 3. The summed E-state index contributed by atoms with van der Waals surface area (Å²) in [6.45, 7) is -0.330. The van der Waals surface area contributed by atoms with E-state index in [4.69, 9.17) is 16.7 Å². The van der Waals surface area contributed by atoms with Gasteiger partial charge in [0.1, 0.15) is 5.02 Å². The molecule has 0 radical (unpaired) electrons. The molecule has 2 rings (SSSR count). The summed E-state index contributed by atoms with van der Waals surface area (Å²) >= 11 is 5.80. The summed E-state index contributed by atoms with van der Waals surface area (Å²) in [6, 6.07) is 2.27. The lowest BCUT2D eigenvalue weighted by Gasteiger charge is -2.08. The number of aliphatic hydroxyl groups excluding tert-OH is 1. The lowest BCUT2D eigenvalue weighted by molar-refractivity contribution is -0.384. The largest absolute Gasteiger partial charge is 0.395 e. The van der Waals surface area contributed by atoms with Crippen LogP contribution in [0.2, 0.25) is 5.02 Å². The van der Waals surface area contributed by atoms with Crippen molar-refractivity contribution in [2.45, 2.75) is 0 Å². The van der Waals surface area contributed by atoms with Crippen LogP contribution in [0.3, 0.4) is 0 Å². The van der Waals surface area contributed by atoms with Crippen LogP contribution in [0.5, 0.6) is 0 Å². The number of hydrogen-bond donors (Lipinski definition) is 2. The summed E-state index contributed by atoms with van der Waals surface area (Å²) in [7, 11) is 1.48. The molecular formula is C12H11ClN4O5.